The van der Waals surface area contributed by atoms with Crippen molar-refractivity contribution in [3.05, 3.63) is 46.4 Å². The largest absolute Gasteiger partial charge is 0.345 e. The zero-order valence-electron chi connectivity index (χ0n) is 14.4. The van der Waals surface area contributed by atoms with Crippen LogP contribution >= 0.6 is 12.2 Å². The topological polar surface area (TPSA) is 42.6 Å². The molecule has 2 heterocycles. The first-order chi connectivity index (χ1) is 11.5. The van der Waals surface area contributed by atoms with Crippen LogP contribution in [0.4, 0.5) is 5.82 Å². The number of nitrogens with zero attached hydrogens (tertiary/aromatic N) is 3. The molecule has 0 unspecified atom stereocenters. The second-order valence-corrected chi connectivity index (χ2v) is 6.71. The Morgan fingerprint density at radius 3 is 2.42 bits per heavy atom. The van der Waals surface area contributed by atoms with Gasteiger partial charge in [-0.15, -0.1) is 0 Å². The number of carbonyl (C=O) groups excluding carboxylic acids is 1. The first-order valence-corrected chi connectivity index (χ1v) is 8.66. The molecule has 2 aromatic rings. The molecule has 0 saturated carbocycles. The van der Waals surface area contributed by atoms with Crippen LogP contribution in [0.5, 0.6) is 0 Å². The number of ketones is 1. The first-order valence-electron chi connectivity index (χ1n) is 8.25. The highest BCUT2D eigenvalue weighted by atomic mass is 32.1. The van der Waals surface area contributed by atoms with E-state index < -0.39 is 0 Å². The molecule has 24 heavy (non-hydrogen) atoms. The summed E-state index contributed by atoms with van der Waals surface area (Å²) in [6.07, 6.45) is 0. The lowest BCUT2D eigenvalue weighted by molar-refractivity contribution is -0.880. The maximum Gasteiger partial charge on any atom is 0.206 e. The van der Waals surface area contributed by atoms with Crippen molar-refractivity contribution >= 4 is 23.8 Å². The number of rotatable bonds is 3. The van der Waals surface area contributed by atoms with Gasteiger partial charge in [0.05, 0.1) is 38.8 Å². The predicted molar refractivity (Wildman–Crippen MR) is 98.0 cm³/mol. The Morgan fingerprint density at radius 2 is 1.83 bits per heavy atom. The van der Waals surface area contributed by atoms with Crippen molar-refractivity contribution in [2.45, 2.75) is 13.8 Å². The fraction of sp³-hybridized carbons (Fsp3) is 0.389. The molecule has 1 saturated heterocycles. The number of quaternary nitrogens is 1. The second kappa shape index (κ2) is 6.83. The summed E-state index contributed by atoms with van der Waals surface area (Å²) in [5, 5.41) is 0. The number of nitrogens with one attached hydrogen (secondary N) is 1. The van der Waals surface area contributed by atoms with Crippen LogP contribution in [0.2, 0.25) is 0 Å². The van der Waals surface area contributed by atoms with Crippen LogP contribution in [0.1, 0.15) is 23.0 Å². The normalized spacial score (nSPS) is 15.5. The van der Waals surface area contributed by atoms with Gasteiger partial charge in [0.25, 0.3) is 0 Å². The number of likely N-dealkylation sites (N-methyl/N-ethyl adjacent to an activating group) is 1. The zero-order valence-corrected chi connectivity index (χ0v) is 15.2. The van der Waals surface area contributed by atoms with E-state index in [1.54, 1.807) is 6.92 Å². The highest BCUT2D eigenvalue weighted by molar-refractivity contribution is 7.71. The van der Waals surface area contributed by atoms with Crippen LogP contribution in [-0.2, 0) is 0 Å². The lowest BCUT2D eigenvalue weighted by Gasteiger charge is -2.32. The number of carbonyl (C=O) groups is 1. The van der Waals surface area contributed by atoms with Crippen LogP contribution in [0, 0.1) is 11.7 Å². The predicted octanol–water partition coefficient (Wildman–Crippen LogP) is 1.45. The van der Waals surface area contributed by atoms with Crippen LogP contribution < -0.4 is 9.80 Å². The number of benzene rings is 1. The molecule has 5 nitrogen and oxygen atoms in total. The average molecular weight is 343 g/mol. The average Bonchev–Trinajstić information content (AvgIpc) is 2.55. The Hall–Kier alpha value is -2.05. The van der Waals surface area contributed by atoms with Crippen molar-refractivity contribution in [3.8, 4) is 5.69 Å². The molecule has 1 N–H and O–H groups in total. The highest BCUT2D eigenvalue weighted by Crippen LogP contribution is 2.25. The number of anilines is 1. The number of piperazine rings is 1. The minimum Gasteiger partial charge on any atom is -0.345 e. The molecule has 0 atom stereocenters. The van der Waals surface area contributed by atoms with Gasteiger partial charge in [-0.05, 0) is 38.2 Å². The fourth-order valence-electron chi connectivity index (χ4n) is 3.24. The van der Waals surface area contributed by atoms with E-state index >= 15 is 0 Å². The third-order valence-corrected chi connectivity index (χ3v) is 4.87. The standard InChI is InChI=1S/C18H22N4OS/c1-13-16(14(2)23)17(21-11-9-20(3)10-12-21)19-18(24)22(13)15-7-5-4-6-8-15/h4-8H,9-12H2,1-3H3/p+1. The Kier molecular flexibility index (Phi) is 4.78. The smallest absolute Gasteiger partial charge is 0.206 e. The molecule has 0 radical (unpaired) electrons. The summed E-state index contributed by atoms with van der Waals surface area (Å²) in [4.78, 5) is 20.7. The molecule has 0 amide bonds. The van der Waals surface area contributed by atoms with Crippen LogP contribution in [-0.4, -0.2) is 48.6 Å². The Balaban J connectivity index is 2.15. The van der Waals surface area contributed by atoms with Crippen LogP contribution in [0.3, 0.4) is 0 Å². The number of para-hydroxylation sites is 1. The molecule has 3 rings (SSSR count). The summed E-state index contributed by atoms with van der Waals surface area (Å²) in [6.45, 7) is 7.42. The highest BCUT2D eigenvalue weighted by Gasteiger charge is 2.25. The molecule has 1 aromatic heterocycles. The van der Waals surface area contributed by atoms with Gasteiger partial charge in [0, 0.05) is 11.4 Å². The van der Waals surface area contributed by atoms with E-state index in [2.05, 4.69) is 16.9 Å². The molecule has 1 aliphatic heterocycles. The Morgan fingerprint density at radius 1 is 1.21 bits per heavy atom. The van der Waals surface area contributed by atoms with Crippen LogP contribution in [0.15, 0.2) is 30.3 Å². The quantitative estimate of drug-likeness (QED) is 0.677. The zero-order chi connectivity index (χ0) is 17.3. The van der Waals surface area contributed by atoms with Crippen LogP contribution in [0.25, 0.3) is 5.69 Å². The molecule has 0 spiro atoms. The summed E-state index contributed by atoms with van der Waals surface area (Å²) in [5.41, 5.74) is 2.46. The van der Waals surface area contributed by atoms with Crippen molar-refractivity contribution in [3.63, 3.8) is 0 Å². The van der Waals surface area contributed by atoms with Gasteiger partial charge in [-0.25, -0.2) is 4.98 Å². The van der Waals surface area contributed by atoms with E-state index in [1.807, 2.05) is 41.8 Å². The number of hydrogen-bond acceptors (Lipinski definition) is 4. The summed E-state index contributed by atoms with van der Waals surface area (Å²) in [5.74, 6) is 0.769. The maximum atomic E-state index is 12.4. The van der Waals surface area contributed by atoms with E-state index in [1.165, 1.54) is 4.90 Å². The molecule has 126 valence electrons. The molecule has 6 heteroatoms. The van der Waals surface area contributed by atoms with Crippen molar-refractivity contribution in [2.75, 3.05) is 38.1 Å². The first kappa shape index (κ1) is 16.8. The van der Waals surface area contributed by atoms with Gasteiger partial charge in [0.1, 0.15) is 5.82 Å². The molecule has 1 fully saturated rings. The lowest BCUT2D eigenvalue weighted by Crippen LogP contribution is -3.12. The van der Waals surface area contributed by atoms with E-state index in [0.717, 1.165) is 43.4 Å². The molecule has 1 aliphatic rings. The van der Waals surface area contributed by atoms with Crippen molar-refractivity contribution in [1.29, 1.82) is 0 Å². The van der Waals surface area contributed by atoms with E-state index in [9.17, 15) is 4.79 Å². The summed E-state index contributed by atoms with van der Waals surface area (Å²) < 4.78 is 2.38. The molecule has 0 aliphatic carbocycles. The third-order valence-electron chi connectivity index (χ3n) is 4.60. The third kappa shape index (κ3) is 3.12. The molecular weight excluding hydrogens is 320 g/mol. The van der Waals surface area contributed by atoms with Crippen molar-refractivity contribution in [2.24, 2.45) is 0 Å². The summed E-state index contributed by atoms with van der Waals surface area (Å²) >= 11 is 5.56. The maximum absolute atomic E-state index is 12.4. The lowest BCUT2D eigenvalue weighted by atomic mass is 10.1. The monoisotopic (exact) mass is 343 g/mol. The van der Waals surface area contributed by atoms with Crippen molar-refractivity contribution < 1.29 is 9.69 Å². The number of hydrogen-bond donors (Lipinski definition) is 1. The van der Waals surface area contributed by atoms with Gasteiger partial charge >= 0.3 is 0 Å². The SMILES string of the molecule is CC(=O)c1c(N2CC[NH+](C)CC2)nc(=S)n(-c2ccccc2)c1C. The second-order valence-electron chi connectivity index (χ2n) is 6.35. The molecule has 1 aromatic carbocycles. The Bertz CT molecular complexity index is 808. The van der Waals surface area contributed by atoms with Gasteiger partial charge in [-0.1, -0.05) is 18.2 Å². The van der Waals surface area contributed by atoms with E-state index in [-0.39, 0.29) is 5.78 Å². The minimum absolute atomic E-state index is 0.0287. The summed E-state index contributed by atoms with van der Waals surface area (Å²) in [6, 6.07) is 9.84. The number of Topliss-reactive ketones (excluding diaryl/α,β-unsaturated/α-hetero) is 1. The van der Waals surface area contributed by atoms with Gasteiger partial charge in [-0.2, -0.15) is 0 Å². The Labute approximate surface area is 147 Å². The van der Waals surface area contributed by atoms with Gasteiger partial charge in [0.2, 0.25) is 4.77 Å². The van der Waals surface area contributed by atoms with Gasteiger partial charge < -0.3 is 9.80 Å². The van der Waals surface area contributed by atoms with E-state index in [0.29, 0.717) is 10.3 Å². The fourth-order valence-corrected chi connectivity index (χ4v) is 3.56. The minimum atomic E-state index is 0.0287. The summed E-state index contributed by atoms with van der Waals surface area (Å²) in [7, 11) is 2.19. The van der Waals surface area contributed by atoms with Gasteiger partial charge in [0.15, 0.2) is 5.78 Å². The van der Waals surface area contributed by atoms with E-state index in [4.69, 9.17) is 12.2 Å². The van der Waals surface area contributed by atoms with Gasteiger partial charge in [-0.3, -0.25) is 9.36 Å². The van der Waals surface area contributed by atoms with Crippen molar-refractivity contribution in [1.82, 2.24) is 9.55 Å². The molecule has 0 bridgehead atoms. The molecular formula is C18H23N4OS+. The number of aromatic nitrogens is 2.